The molecule has 0 bridgehead atoms. The Morgan fingerprint density at radius 3 is 3.00 bits per heavy atom. The van der Waals surface area contributed by atoms with Crippen LogP contribution in [-0.4, -0.2) is 9.97 Å². The second-order valence-electron chi connectivity index (χ2n) is 3.59. The molecule has 0 saturated heterocycles. The smallest absolute Gasteiger partial charge is 0.254 e. The van der Waals surface area contributed by atoms with Gasteiger partial charge in [0.25, 0.3) is 5.56 Å². The summed E-state index contributed by atoms with van der Waals surface area (Å²) in [5, 5.41) is 0. The van der Waals surface area contributed by atoms with Gasteiger partial charge in [0, 0.05) is 5.56 Å². The summed E-state index contributed by atoms with van der Waals surface area (Å²) < 4.78 is 0. The average Bonchev–Trinajstić information content (AvgIpc) is 2.29. The summed E-state index contributed by atoms with van der Waals surface area (Å²) in [5.41, 5.74) is 1.96. The van der Waals surface area contributed by atoms with Gasteiger partial charge in [-0.3, -0.25) is 4.79 Å². The Balaban J connectivity index is 2.60. The third kappa shape index (κ3) is 1.05. The van der Waals surface area contributed by atoms with Gasteiger partial charge in [-0.1, -0.05) is 6.92 Å². The first-order valence-electron chi connectivity index (χ1n) is 4.25. The molecule has 1 aliphatic rings. The molecule has 3 heteroatoms. The molecule has 2 rings (SSSR count). The highest BCUT2D eigenvalue weighted by Crippen LogP contribution is 2.21. The van der Waals surface area contributed by atoms with Crippen LogP contribution < -0.4 is 5.56 Å². The van der Waals surface area contributed by atoms with Gasteiger partial charge in [-0.25, -0.2) is 4.98 Å². The SMILES string of the molecule is Cc1nc2c(c(=O)[nH]1)CC(C)C2. The predicted molar refractivity (Wildman–Crippen MR) is 46.2 cm³/mol. The lowest BCUT2D eigenvalue weighted by Gasteiger charge is -1.97. The zero-order valence-corrected chi connectivity index (χ0v) is 7.35. The minimum absolute atomic E-state index is 0.0573. The van der Waals surface area contributed by atoms with Gasteiger partial charge in [-0.05, 0) is 25.7 Å². The van der Waals surface area contributed by atoms with Gasteiger partial charge in [-0.2, -0.15) is 0 Å². The van der Waals surface area contributed by atoms with Crippen molar-refractivity contribution in [1.29, 1.82) is 0 Å². The van der Waals surface area contributed by atoms with Crippen LogP contribution >= 0.6 is 0 Å². The Kier molecular flexibility index (Phi) is 1.53. The van der Waals surface area contributed by atoms with Crippen LogP contribution in [0.5, 0.6) is 0 Å². The standard InChI is InChI=1S/C9H12N2O/c1-5-3-7-8(4-5)10-6(2)11-9(7)12/h5H,3-4H2,1-2H3,(H,10,11,12). The average molecular weight is 164 g/mol. The molecule has 0 aromatic carbocycles. The zero-order chi connectivity index (χ0) is 8.72. The molecule has 0 radical (unpaired) electrons. The van der Waals surface area contributed by atoms with Crippen LogP contribution in [0.4, 0.5) is 0 Å². The van der Waals surface area contributed by atoms with E-state index < -0.39 is 0 Å². The van der Waals surface area contributed by atoms with E-state index in [-0.39, 0.29) is 5.56 Å². The number of hydrogen-bond acceptors (Lipinski definition) is 2. The molecule has 0 saturated carbocycles. The predicted octanol–water partition coefficient (Wildman–Crippen LogP) is 0.813. The molecule has 1 aliphatic carbocycles. The lowest BCUT2D eigenvalue weighted by Crippen LogP contribution is -2.15. The summed E-state index contributed by atoms with van der Waals surface area (Å²) in [5.74, 6) is 1.31. The number of aromatic nitrogens is 2. The topological polar surface area (TPSA) is 45.8 Å². The van der Waals surface area contributed by atoms with Gasteiger partial charge in [0.05, 0.1) is 5.69 Å². The van der Waals surface area contributed by atoms with Gasteiger partial charge < -0.3 is 4.98 Å². The molecule has 0 spiro atoms. The van der Waals surface area contributed by atoms with Gasteiger partial charge in [0.15, 0.2) is 0 Å². The third-order valence-electron chi connectivity index (χ3n) is 2.31. The second-order valence-corrected chi connectivity index (χ2v) is 3.59. The Bertz CT molecular complexity index is 367. The van der Waals surface area contributed by atoms with Gasteiger partial charge in [0.1, 0.15) is 5.82 Å². The first kappa shape index (κ1) is 7.53. The molecule has 1 aromatic heterocycles. The minimum atomic E-state index is 0.0573. The van der Waals surface area contributed by atoms with Crippen molar-refractivity contribution in [2.45, 2.75) is 26.7 Å². The van der Waals surface area contributed by atoms with Crippen molar-refractivity contribution >= 4 is 0 Å². The monoisotopic (exact) mass is 164 g/mol. The van der Waals surface area contributed by atoms with E-state index in [1.54, 1.807) is 0 Å². The highest BCUT2D eigenvalue weighted by molar-refractivity contribution is 5.23. The van der Waals surface area contributed by atoms with Crippen LogP contribution in [0.15, 0.2) is 4.79 Å². The Labute approximate surface area is 70.9 Å². The molecule has 0 fully saturated rings. The highest BCUT2D eigenvalue weighted by Gasteiger charge is 2.21. The molecule has 1 N–H and O–H groups in total. The molecule has 12 heavy (non-hydrogen) atoms. The summed E-state index contributed by atoms with van der Waals surface area (Å²) in [6.45, 7) is 3.97. The van der Waals surface area contributed by atoms with E-state index in [1.807, 2.05) is 6.92 Å². The largest absolute Gasteiger partial charge is 0.311 e. The lowest BCUT2D eigenvalue weighted by atomic mass is 10.1. The van der Waals surface area contributed by atoms with Crippen molar-refractivity contribution in [3.8, 4) is 0 Å². The number of nitrogens with zero attached hydrogens (tertiary/aromatic N) is 1. The third-order valence-corrected chi connectivity index (χ3v) is 2.31. The number of aromatic amines is 1. The zero-order valence-electron chi connectivity index (χ0n) is 7.35. The van der Waals surface area contributed by atoms with Crippen molar-refractivity contribution in [1.82, 2.24) is 9.97 Å². The number of aryl methyl sites for hydroxylation is 1. The fourth-order valence-corrected chi connectivity index (χ4v) is 1.80. The van der Waals surface area contributed by atoms with Gasteiger partial charge in [0.2, 0.25) is 0 Å². The van der Waals surface area contributed by atoms with Crippen LogP contribution in [0.3, 0.4) is 0 Å². The van der Waals surface area contributed by atoms with Crippen LogP contribution in [-0.2, 0) is 12.8 Å². The van der Waals surface area contributed by atoms with Gasteiger partial charge >= 0.3 is 0 Å². The number of fused-ring (bicyclic) bond motifs is 1. The van der Waals surface area contributed by atoms with E-state index in [1.165, 1.54) is 0 Å². The van der Waals surface area contributed by atoms with E-state index in [0.29, 0.717) is 5.92 Å². The fraction of sp³-hybridized carbons (Fsp3) is 0.556. The van der Waals surface area contributed by atoms with Gasteiger partial charge in [-0.15, -0.1) is 0 Å². The van der Waals surface area contributed by atoms with Crippen LogP contribution in [0, 0.1) is 12.8 Å². The summed E-state index contributed by atoms with van der Waals surface area (Å²) in [4.78, 5) is 18.4. The first-order chi connectivity index (χ1) is 5.66. The molecule has 1 aromatic rings. The number of H-pyrrole nitrogens is 1. The molecule has 0 aliphatic heterocycles. The Morgan fingerprint density at radius 2 is 2.25 bits per heavy atom. The molecule has 1 atom stereocenters. The van der Waals surface area contributed by atoms with E-state index in [9.17, 15) is 4.79 Å². The number of rotatable bonds is 0. The second kappa shape index (κ2) is 2.44. The highest BCUT2D eigenvalue weighted by atomic mass is 16.1. The molecule has 64 valence electrons. The maximum Gasteiger partial charge on any atom is 0.254 e. The quantitative estimate of drug-likeness (QED) is 0.616. The maximum atomic E-state index is 11.4. The summed E-state index contributed by atoms with van der Waals surface area (Å²) >= 11 is 0. The molecule has 1 unspecified atom stereocenters. The first-order valence-corrected chi connectivity index (χ1v) is 4.25. The van der Waals surface area contributed by atoms with E-state index in [2.05, 4.69) is 16.9 Å². The molecular weight excluding hydrogens is 152 g/mol. The molecule has 3 nitrogen and oxygen atoms in total. The van der Waals surface area contributed by atoms with Crippen LogP contribution in [0.25, 0.3) is 0 Å². The van der Waals surface area contributed by atoms with E-state index in [0.717, 1.165) is 29.9 Å². The Hall–Kier alpha value is -1.12. The fourth-order valence-electron chi connectivity index (χ4n) is 1.80. The van der Waals surface area contributed by atoms with Crippen molar-refractivity contribution in [2.75, 3.05) is 0 Å². The summed E-state index contributed by atoms with van der Waals surface area (Å²) in [6.07, 6.45) is 1.85. The van der Waals surface area contributed by atoms with Crippen LogP contribution in [0.2, 0.25) is 0 Å². The van der Waals surface area contributed by atoms with Crippen molar-refractivity contribution in [3.63, 3.8) is 0 Å². The molecular formula is C9H12N2O. The van der Waals surface area contributed by atoms with Crippen molar-refractivity contribution < 1.29 is 0 Å². The summed E-state index contributed by atoms with van der Waals surface area (Å²) in [6, 6.07) is 0. The number of hydrogen-bond donors (Lipinski definition) is 1. The number of nitrogens with one attached hydrogen (secondary N) is 1. The van der Waals surface area contributed by atoms with E-state index in [4.69, 9.17) is 0 Å². The Morgan fingerprint density at radius 1 is 1.50 bits per heavy atom. The minimum Gasteiger partial charge on any atom is -0.311 e. The van der Waals surface area contributed by atoms with Crippen molar-refractivity contribution in [2.24, 2.45) is 5.92 Å². The van der Waals surface area contributed by atoms with Crippen LogP contribution in [0.1, 0.15) is 24.0 Å². The molecule has 1 heterocycles. The maximum absolute atomic E-state index is 11.4. The normalized spacial score (nSPS) is 21.0. The molecule has 0 amide bonds. The van der Waals surface area contributed by atoms with E-state index >= 15 is 0 Å². The van der Waals surface area contributed by atoms with Crippen molar-refractivity contribution in [3.05, 3.63) is 27.4 Å². The summed E-state index contributed by atoms with van der Waals surface area (Å²) in [7, 11) is 0. The lowest BCUT2D eigenvalue weighted by molar-refractivity contribution is 0.623.